The van der Waals surface area contributed by atoms with E-state index in [0.717, 1.165) is 64.7 Å². The summed E-state index contributed by atoms with van der Waals surface area (Å²) < 4.78 is 15.1. The standard InChI is InChI=1S/C57H78N8O21S/c1-4-5-20-83-39-14-12-35(13-15-39)34-10-6-32(7-11-34)9-17-46(74)60-40-23-37(69)25-59-55(79)50-51(75)30(2)26-65(50)57(81)49(43(72)18-19-58-36(28-66)29-67)63-54(78)48(44(73)21-33-8-16-42(71)45(22-33)84-87-86-85-82)62-53(77)41-24-38(70)27-64(41)56(80)47(31(3)68)61-52(40)76/h6-17,22,30-31,36-38,40-41,43-44,47-51,58,66-73,75,82H,4-5,18-21,23-29H2,1-3H3,(H,59,79)(H,60,74)(H,61,76)(H,62,77)(H,63,78)/b17-9+/t30-,31+,37+,38+,40-,41-,43+,44+,47-,48-,49-,50-,51-/m0/s1. The van der Waals surface area contributed by atoms with Crippen LogP contribution in [0, 0.1) is 5.92 Å². The molecule has 16 N–H and O–H groups in total. The van der Waals surface area contributed by atoms with E-state index in [2.05, 4.69) is 48.2 Å². The summed E-state index contributed by atoms with van der Waals surface area (Å²) in [6.07, 6.45) is -8.07. The number of ether oxygens (including phenoxy) is 1. The van der Waals surface area contributed by atoms with Crippen molar-refractivity contribution in [3.8, 4) is 28.4 Å². The van der Waals surface area contributed by atoms with Gasteiger partial charge in [-0.2, -0.15) is 0 Å². The quantitative estimate of drug-likeness (QED) is 0.0151. The third-order valence-electron chi connectivity index (χ3n) is 15.0. The van der Waals surface area contributed by atoms with Gasteiger partial charge in [0.2, 0.25) is 41.4 Å². The van der Waals surface area contributed by atoms with E-state index in [0.29, 0.717) is 12.2 Å². The highest BCUT2D eigenvalue weighted by molar-refractivity contribution is 7.90. The van der Waals surface area contributed by atoms with Gasteiger partial charge in [0, 0.05) is 50.9 Å². The Morgan fingerprint density at radius 2 is 1.45 bits per heavy atom. The van der Waals surface area contributed by atoms with E-state index in [1.807, 2.05) is 36.4 Å². The molecule has 13 atom stereocenters. The number of nitrogens with zero attached hydrogens (tertiary/aromatic N) is 2. The zero-order valence-electron chi connectivity index (χ0n) is 48.0. The molecule has 3 aromatic rings. The van der Waals surface area contributed by atoms with Gasteiger partial charge in [0.1, 0.15) is 42.0 Å². The van der Waals surface area contributed by atoms with Crippen LogP contribution in [0.25, 0.3) is 17.2 Å². The molecule has 0 radical (unpaired) electrons. The van der Waals surface area contributed by atoms with E-state index >= 15 is 0 Å². The van der Waals surface area contributed by atoms with E-state index in [4.69, 9.17) is 14.2 Å². The Kier molecular flexibility index (Phi) is 26.5. The summed E-state index contributed by atoms with van der Waals surface area (Å²) in [7, 11) is 0. The maximum absolute atomic E-state index is 14.9. The molecule has 3 saturated heterocycles. The number of carbonyl (C=O) groups excluding carboxylic acids is 7. The fourth-order valence-electron chi connectivity index (χ4n) is 10.1. The Bertz CT molecular complexity index is 2820. The smallest absolute Gasteiger partial charge is 0.261 e. The summed E-state index contributed by atoms with van der Waals surface area (Å²) in [5.41, 5.74) is 2.45. The molecule has 0 spiro atoms. The van der Waals surface area contributed by atoms with Gasteiger partial charge in [-0.25, -0.2) is 5.26 Å². The number of unbranched alkanes of at least 4 members (excludes halogenated alkanes) is 1. The molecule has 3 aliphatic heterocycles. The number of nitrogens with one attached hydrogen (secondary N) is 6. The van der Waals surface area contributed by atoms with E-state index in [-0.39, 0.29) is 36.7 Å². The van der Waals surface area contributed by atoms with Gasteiger partial charge in [-0.05, 0) is 78.9 Å². The molecule has 7 amide bonds. The third kappa shape index (κ3) is 19.2. The van der Waals surface area contributed by atoms with Crippen LogP contribution in [0.3, 0.4) is 0 Å². The van der Waals surface area contributed by atoms with Crippen molar-refractivity contribution in [2.75, 3.05) is 46.0 Å². The van der Waals surface area contributed by atoms with Gasteiger partial charge >= 0.3 is 0 Å². The molecule has 29 nitrogen and oxygen atoms in total. The summed E-state index contributed by atoms with van der Waals surface area (Å²) in [5, 5.41) is 125. The minimum Gasteiger partial charge on any atom is -0.504 e. The predicted molar refractivity (Wildman–Crippen MR) is 309 cm³/mol. The van der Waals surface area contributed by atoms with Crippen LogP contribution in [-0.4, -0.2) is 227 Å². The Hall–Kier alpha value is -7.04. The van der Waals surface area contributed by atoms with Crippen LogP contribution in [-0.2, 0) is 49.4 Å². The summed E-state index contributed by atoms with van der Waals surface area (Å²) in [4.78, 5) is 103. The van der Waals surface area contributed by atoms with Gasteiger partial charge in [-0.3, -0.25) is 33.6 Å². The van der Waals surface area contributed by atoms with Crippen molar-refractivity contribution in [2.24, 2.45) is 5.92 Å². The van der Waals surface area contributed by atoms with Crippen molar-refractivity contribution in [3.63, 3.8) is 0 Å². The van der Waals surface area contributed by atoms with Gasteiger partial charge in [0.05, 0.1) is 62.5 Å². The first-order valence-electron chi connectivity index (χ1n) is 28.4. The molecule has 0 unspecified atom stereocenters. The number of hydrogen-bond donors (Lipinski definition) is 16. The zero-order valence-corrected chi connectivity index (χ0v) is 48.9. The molecule has 6 rings (SSSR count). The van der Waals surface area contributed by atoms with Crippen molar-refractivity contribution in [3.05, 3.63) is 83.9 Å². The summed E-state index contributed by atoms with van der Waals surface area (Å²) in [6.45, 7) is 2.39. The second-order valence-corrected chi connectivity index (χ2v) is 22.1. The number of carbonyl (C=O) groups is 7. The molecular formula is C57H78N8O21S. The monoisotopic (exact) mass is 1240 g/mol. The van der Waals surface area contributed by atoms with E-state index in [1.165, 1.54) is 19.1 Å². The largest absolute Gasteiger partial charge is 0.504 e. The highest BCUT2D eigenvalue weighted by Crippen LogP contribution is 2.32. The van der Waals surface area contributed by atoms with Crippen molar-refractivity contribution in [2.45, 2.75) is 138 Å². The number of aliphatic hydroxyl groups is 8. The predicted octanol–water partition coefficient (Wildman–Crippen LogP) is -2.72. The molecule has 0 bridgehead atoms. The first kappa shape index (κ1) is 69.1. The van der Waals surface area contributed by atoms with Gasteiger partial charge in [0.15, 0.2) is 11.5 Å². The number of hydrogen-bond acceptors (Lipinski definition) is 23. The van der Waals surface area contributed by atoms with E-state index < -0.39 is 184 Å². The van der Waals surface area contributed by atoms with Crippen LogP contribution in [0.15, 0.2) is 72.8 Å². The number of benzene rings is 3. The molecule has 3 fully saturated rings. The summed E-state index contributed by atoms with van der Waals surface area (Å²) in [6, 6.07) is 6.04. The SMILES string of the molecule is CCCCOc1ccc(-c2ccc(/C=C/C(=O)N[C@H]3C[C@@H](O)CNC(=O)[C@@H]4[C@@H](O)[C@@H](C)CN4C(=O)[C@H]([C@H](O)CCNC(CO)CO)NC(=O)[C@H]([C@H](O)Cc4ccc(O)c(OSOOO)c4)NC(=O)[C@@H]4C[C@@H](O)CN4C(=O)[C@H]([C@@H](C)O)NC3=O)cc2)cc1. The maximum atomic E-state index is 14.9. The number of rotatable bonds is 23. The summed E-state index contributed by atoms with van der Waals surface area (Å²) >= 11 is 0.0676. The number of phenols is 1. The molecule has 0 aromatic heterocycles. The fourth-order valence-corrected chi connectivity index (χ4v) is 10.4. The van der Waals surface area contributed by atoms with Gasteiger partial charge < -0.3 is 96.6 Å². The minimum absolute atomic E-state index is 0.0676. The van der Waals surface area contributed by atoms with E-state index in [9.17, 15) is 79.5 Å². The maximum Gasteiger partial charge on any atom is 0.261 e. The molecular weight excluding hydrogens is 1160 g/mol. The number of aromatic hydroxyl groups is 1. The van der Waals surface area contributed by atoms with Crippen molar-refractivity contribution in [1.82, 2.24) is 41.7 Å². The molecule has 478 valence electrons. The highest BCUT2D eigenvalue weighted by Gasteiger charge is 2.50. The number of amides is 7. The lowest BCUT2D eigenvalue weighted by molar-refractivity contribution is -0.433. The lowest BCUT2D eigenvalue weighted by Gasteiger charge is -2.34. The first-order valence-corrected chi connectivity index (χ1v) is 29.0. The Balaban J connectivity index is 1.34. The van der Waals surface area contributed by atoms with Crippen LogP contribution in [0.4, 0.5) is 0 Å². The molecule has 3 aromatic carbocycles. The van der Waals surface area contributed by atoms with Crippen molar-refractivity contribution in [1.29, 1.82) is 0 Å². The second kappa shape index (κ2) is 33.3. The lowest BCUT2D eigenvalue weighted by atomic mass is 9.98. The molecule has 0 aliphatic carbocycles. The Labute approximate surface area is 505 Å². The molecule has 30 heteroatoms. The zero-order chi connectivity index (χ0) is 63.5. The van der Waals surface area contributed by atoms with E-state index in [1.54, 1.807) is 12.1 Å². The average molecular weight is 1240 g/mol. The van der Waals surface area contributed by atoms with Crippen molar-refractivity contribution >= 4 is 59.7 Å². The normalized spacial score (nSPS) is 25.6. The Morgan fingerprint density at radius 1 is 0.793 bits per heavy atom. The highest BCUT2D eigenvalue weighted by atomic mass is 32.2. The minimum atomic E-state index is -2.15. The van der Waals surface area contributed by atoms with Crippen LogP contribution < -0.4 is 40.8 Å². The van der Waals surface area contributed by atoms with Crippen LogP contribution in [0.1, 0.15) is 64.0 Å². The molecule has 0 saturated carbocycles. The number of phenolic OH excluding ortho intramolecular Hbond substituents is 1. The first-order chi connectivity index (χ1) is 41.6. The number of fused-ring (bicyclic) bond motifs is 2. The van der Waals surface area contributed by atoms with Gasteiger partial charge in [0.25, 0.3) is 12.3 Å². The topological polar surface area (TPSA) is 437 Å². The molecule has 3 heterocycles. The van der Waals surface area contributed by atoms with Crippen LogP contribution >= 0.6 is 12.3 Å². The van der Waals surface area contributed by atoms with Gasteiger partial charge in [-0.15, -0.1) is 0 Å². The fraction of sp³-hybridized carbons (Fsp3) is 0.526. The third-order valence-corrected chi connectivity index (χ3v) is 15.4. The second-order valence-electron chi connectivity index (χ2n) is 21.6. The van der Waals surface area contributed by atoms with Gasteiger partial charge in [-0.1, -0.05) is 72.1 Å². The molecule has 87 heavy (non-hydrogen) atoms. The average Bonchev–Trinajstić information content (AvgIpc) is 2.39. The van der Waals surface area contributed by atoms with Crippen LogP contribution in [0.5, 0.6) is 17.2 Å². The number of β-amino-alcohol motifs (C(OH)–C–C–N with tert-alkyl or cyclic N) is 1. The summed E-state index contributed by atoms with van der Waals surface area (Å²) in [5.74, 6) is -8.83. The number of aliphatic hydroxyl groups excluding tert-OH is 8. The van der Waals surface area contributed by atoms with Crippen molar-refractivity contribution < 1.29 is 103 Å². The van der Waals surface area contributed by atoms with Crippen LogP contribution in [0.2, 0.25) is 0 Å². The Morgan fingerprint density at radius 3 is 2.10 bits per heavy atom. The lowest BCUT2D eigenvalue weighted by Crippen LogP contribution is -2.64. The molecule has 3 aliphatic rings.